The van der Waals surface area contributed by atoms with Crippen LogP contribution in [0.4, 0.5) is 10.1 Å². The van der Waals surface area contributed by atoms with E-state index in [1.165, 1.54) is 12.1 Å². The third-order valence-electron chi connectivity index (χ3n) is 5.63. The Kier molecular flexibility index (Phi) is 6.29. The van der Waals surface area contributed by atoms with Crippen molar-refractivity contribution >= 4 is 50.5 Å². The predicted octanol–water partition coefficient (Wildman–Crippen LogP) is 7.08. The van der Waals surface area contributed by atoms with Crippen molar-refractivity contribution in [3.05, 3.63) is 99.7 Å². The van der Waals surface area contributed by atoms with Crippen molar-refractivity contribution in [3.8, 4) is 17.1 Å². The van der Waals surface area contributed by atoms with Crippen LogP contribution in [0.3, 0.4) is 0 Å². The van der Waals surface area contributed by atoms with Gasteiger partial charge in [0.15, 0.2) is 5.11 Å². The van der Waals surface area contributed by atoms with Crippen LogP contribution in [0.2, 0.25) is 5.02 Å². The fourth-order valence-corrected chi connectivity index (χ4v) is 5.22. The quantitative estimate of drug-likeness (QED) is 0.264. The van der Waals surface area contributed by atoms with E-state index in [9.17, 15) is 4.39 Å². The van der Waals surface area contributed by atoms with Gasteiger partial charge in [0.05, 0.1) is 23.9 Å². The summed E-state index contributed by atoms with van der Waals surface area (Å²) >= 11 is 15.6. The number of methoxy groups -OCH3 is 1. The molecule has 1 aliphatic rings. The van der Waals surface area contributed by atoms with E-state index >= 15 is 0 Å². The molecular formula is C25H18BrClFN3O2S. The number of nitrogens with zero attached hydrogens (tertiary/aromatic N) is 2. The summed E-state index contributed by atoms with van der Waals surface area (Å²) in [4.78, 5) is 6.51. The van der Waals surface area contributed by atoms with Gasteiger partial charge in [-0.05, 0) is 88.8 Å². The summed E-state index contributed by atoms with van der Waals surface area (Å²) in [6.45, 7) is 0. The van der Waals surface area contributed by atoms with E-state index in [0.29, 0.717) is 31.9 Å². The Morgan fingerprint density at radius 2 is 2.00 bits per heavy atom. The molecule has 2 aromatic heterocycles. The zero-order chi connectivity index (χ0) is 23.8. The Bertz CT molecular complexity index is 1370. The third kappa shape index (κ3) is 4.17. The number of benzene rings is 2. The maximum Gasteiger partial charge on any atom is 0.174 e. The van der Waals surface area contributed by atoms with Gasteiger partial charge in [-0.1, -0.05) is 17.7 Å². The minimum absolute atomic E-state index is 0.273. The number of furan rings is 1. The topological polar surface area (TPSA) is 50.5 Å². The molecule has 0 amide bonds. The second kappa shape index (κ2) is 9.37. The molecule has 0 radical (unpaired) electrons. The second-order valence-corrected chi connectivity index (χ2v) is 9.29. The lowest BCUT2D eigenvalue weighted by atomic mass is 10.0. The Balaban J connectivity index is 1.61. The van der Waals surface area contributed by atoms with Crippen molar-refractivity contribution in [3.63, 3.8) is 0 Å². The number of thiocarbonyl (C=S) groups is 1. The monoisotopic (exact) mass is 557 g/mol. The molecule has 4 aromatic rings. The van der Waals surface area contributed by atoms with Gasteiger partial charge < -0.3 is 19.4 Å². The lowest BCUT2D eigenvalue weighted by Crippen LogP contribution is -2.29. The maximum absolute atomic E-state index is 13.6. The van der Waals surface area contributed by atoms with Gasteiger partial charge in [0.1, 0.15) is 29.1 Å². The first-order valence-corrected chi connectivity index (χ1v) is 11.9. The fraction of sp³-hybridized carbons (Fsp3) is 0.120. The van der Waals surface area contributed by atoms with Gasteiger partial charge in [-0.15, -0.1) is 0 Å². The van der Waals surface area contributed by atoms with Crippen molar-refractivity contribution in [1.82, 2.24) is 10.3 Å². The first-order chi connectivity index (χ1) is 16.5. The summed E-state index contributed by atoms with van der Waals surface area (Å²) in [5, 5.41) is 4.37. The number of nitrogens with one attached hydrogen (secondary N) is 1. The zero-order valence-electron chi connectivity index (χ0n) is 17.8. The van der Waals surface area contributed by atoms with Crippen molar-refractivity contribution in [1.29, 1.82) is 0 Å². The zero-order valence-corrected chi connectivity index (χ0v) is 21.0. The lowest BCUT2D eigenvalue weighted by molar-refractivity contribution is 0.415. The van der Waals surface area contributed by atoms with Crippen molar-refractivity contribution in [2.24, 2.45) is 0 Å². The molecule has 172 valence electrons. The standard InChI is InChI=1S/C25H18BrClFN3O2S/c1-32-21-8-6-15(13-18(21)27)31-24(23(30-25(31)34)19-4-2-3-11-29-19)22-10-9-20(33-22)16-7-5-14(28)12-17(16)26/h2-13,23-24H,1H3,(H,30,34)/t23-,24-/m1/s1. The highest BCUT2D eigenvalue weighted by Gasteiger charge is 2.42. The summed E-state index contributed by atoms with van der Waals surface area (Å²) < 4.78 is 25.8. The molecule has 5 rings (SSSR count). The van der Waals surface area contributed by atoms with Crippen LogP contribution < -0.4 is 15.0 Å². The Labute approximate surface area is 214 Å². The smallest absolute Gasteiger partial charge is 0.174 e. The number of pyridine rings is 1. The van der Waals surface area contributed by atoms with Crippen molar-refractivity contribution in [2.45, 2.75) is 12.1 Å². The van der Waals surface area contributed by atoms with Crippen LogP contribution in [0.1, 0.15) is 23.5 Å². The summed E-state index contributed by atoms with van der Waals surface area (Å²) in [6.07, 6.45) is 1.74. The molecule has 1 fully saturated rings. The molecule has 2 atom stereocenters. The van der Waals surface area contributed by atoms with Crippen LogP contribution >= 0.6 is 39.7 Å². The minimum atomic E-state index is -0.347. The predicted molar refractivity (Wildman–Crippen MR) is 138 cm³/mol. The van der Waals surface area contributed by atoms with E-state index < -0.39 is 0 Å². The fourth-order valence-electron chi connectivity index (χ4n) is 4.07. The van der Waals surface area contributed by atoms with E-state index in [0.717, 1.165) is 16.9 Å². The molecule has 9 heteroatoms. The number of aromatic nitrogens is 1. The third-order valence-corrected chi connectivity index (χ3v) is 6.89. The van der Waals surface area contributed by atoms with Crippen molar-refractivity contribution < 1.29 is 13.5 Å². The molecule has 1 N–H and O–H groups in total. The van der Waals surface area contributed by atoms with E-state index in [-0.39, 0.29) is 17.9 Å². The van der Waals surface area contributed by atoms with Crippen LogP contribution in [0.5, 0.6) is 5.75 Å². The Morgan fingerprint density at radius 1 is 1.15 bits per heavy atom. The molecular weight excluding hydrogens is 541 g/mol. The van der Waals surface area contributed by atoms with Gasteiger partial charge in [0, 0.05) is 21.9 Å². The van der Waals surface area contributed by atoms with Crippen LogP contribution in [-0.2, 0) is 0 Å². The SMILES string of the molecule is COc1ccc(N2C(=S)N[C@H](c3ccccn3)[C@H]2c2ccc(-c3ccc(F)cc3Br)o2)cc1Cl. The summed E-state index contributed by atoms with van der Waals surface area (Å²) in [6, 6.07) is 18.9. The number of hydrogen-bond acceptors (Lipinski definition) is 4. The molecule has 0 aliphatic carbocycles. The molecule has 2 aromatic carbocycles. The second-order valence-electron chi connectivity index (χ2n) is 7.64. The van der Waals surface area contributed by atoms with Crippen LogP contribution in [0.15, 0.2) is 81.8 Å². The molecule has 0 unspecified atom stereocenters. The molecule has 3 heterocycles. The molecule has 0 spiro atoms. The summed E-state index contributed by atoms with van der Waals surface area (Å²) in [5.41, 5.74) is 2.35. The highest BCUT2D eigenvalue weighted by atomic mass is 79.9. The average Bonchev–Trinajstić information content (AvgIpc) is 3.44. The summed E-state index contributed by atoms with van der Waals surface area (Å²) in [7, 11) is 1.57. The largest absolute Gasteiger partial charge is 0.495 e. The van der Waals surface area contributed by atoms with Gasteiger partial charge in [-0.2, -0.15) is 0 Å². The number of anilines is 1. The average molecular weight is 559 g/mol. The molecule has 34 heavy (non-hydrogen) atoms. The normalized spacial score (nSPS) is 17.6. The maximum atomic E-state index is 13.6. The van der Waals surface area contributed by atoms with Crippen molar-refractivity contribution in [2.75, 3.05) is 12.0 Å². The van der Waals surface area contributed by atoms with E-state index in [2.05, 4.69) is 26.2 Å². The highest BCUT2D eigenvalue weighted by molar-refractivity contribution is 9.10. The Hall–Kier alpha value is -2.94. The molecule has 1 saturated heterocycles. The number of ether oxygens (including phenoxy) is 1. The number of rotatable bonds is 5. The molecule has 1 aliphatic heterocycles. The van der Waals surface area contributed by atoms with Gasteiger partial charge in [-0.3, -0.25) is 4.98 Å². The van der Waals surface area contributed by atoms with Gasteiger partial charge in [0.2, 0.25) is 0 Å². The molecule has 0 saturated carbocycles. The number of hydrogen-bond donors (Lipinski definition) is 1. The Morgan fingerprint density at radius 3 is 2.71 bits per heavy atom. The number of halogens is 3. The van der Waals surface area contributed by atoms with Gasteiger partial charge in [0.25, 0.3) is 0 Å². The first kappa shape index (κ1) is 22.8. The lowest BCUT2D eigenvalue weighted by Gasteiger charge is -2.26. The highest BCUT2D eigenvalue weighted by Crippen LogP contribution is 2.44. The van der Waals surface area contributed by atoms with E-state index in [1.54, 1.807) is 25.4 Å². The van der Waals surface area contributed by atoms with Crippen LogP contribution in [-0.4, -0.2) is 17.2 Å². The van der Waals surface area contributed by atoms with Crippen LogP contribution in [0.25, 0.3) is 11.3 Å². The summed E-state index contributed by atoms with van der Waals surface area (Å²) in [5.74, 6) is 1.52. The molecule has 5 nitrogen and oxygen atoms in total. The van der Waals surface area contributed by atoms with Gasteiger partial charge in [-0.25, -0.2) is 4.39 Å². The first-order valence-electron chi connectivity index (χ1n) is 10.4. The van der Waals surface area contributed by atoms with Gasteiger partial charge >= 0.3 is 0 Å². The van der Waals surface area contributed by atoms with E-state index in [1.807, 2.05) is 47.4 Å². The van der Waals surface area contributed by atoms with Crippen LogP contribution in [0, 0.1) is 5.82 Å². The van der Waals surface area contributed by atoms with E-state index in [4.69, 9.17) is 33.0 Å². The minimum Gasteiger partial charge on any atom is -0.495 e. The molecule has 0 bridgehead atoms.